The topological polar surface area (TPSA) is 49.9 Å². The van der Waals surface area contributed by atoms with Crippen LogP contribution in [-0.4, -0.2) is 50.9 Å². The number of carbonyl (C=O) groups is 2. The molecule has 1 aliphatic heterocycles. The molecule has 0 spiro atoms. The highest BCUT2D eigenvalue weighted by molar-refractivity contribution is 6.52. The molecule has 5 nitrogen and oxygen atoms in total. The van der Waals surface area contributed by atoms with Crippen LogP contribution in [0.3, 0.4) is 0 Å². The molecule has 1 amide bonds. The van der Waals surface area contributed by atoms with Gasteiger partial charge in [-0.2, -0.15) is 0 Å². The van der Waals surface area contributed by atoms with Crippen LogP contribution in [0, 0.1) is 0 Å². The number of anilines is 1. The van der Waals surface area contributed by atoms with Crippen LogP contribution in [0.1, 0.15) is 10.4 Å². The molecule has 0 unspecified atom stereocenters. The first-order chi connectivity index (χ1) is 8.54. The first kappa shape index (κ1) is 12.6. The summed E-state index contributed by atoms with van der Waals surface area (Å²) >= 11 is 0. The van der Waals surface area contributed by atoms with Crippen LogP contribution >= 0.6 is 0 Å². The van der Waals surface area contributed by atoms with Gasteiger partial charge < -0.3 is 14.5 Å². The maximum atomic E-state index is 11.9. The first-order valence-electron chi connectivity index (χ1n) is 5.73. The van der Waals surface area contributed by atoms with Gasteiger partial charge in [-0.3, -0.25) is 9.59 Å². The minimum Gasteiger partial charge on any atom is -0.497 e. The van der Waals surface area contributed by atoms with Crippen molar-refractivity contribution >= 4 is 17.4 Å². The molecule has 0 aromatic heterocycles. The molecule has 0 fully saturated rings. The summed E-state index contributed by atoms with van der Waals surface area (Å²) in [5.41, 5.74) is 1.10. The lowest BCUT2D eigenvalue weighted by atomic mass is 10.1. The van der Waals surface area contributed by atoms with Crippen molar-refractivity contribution in [2.75, 3.05) is 39.2 Å². The Morgan fingerprint density at radius 1 is 1.28 bits per heavy atom. The summed E-state index contributed by atoms with van der Waals surface area (Å²) in [7, 11) is 5.39. The number of fused-ring (bicyclic) bond motifs is 1. The third kappa shape index (κ3) is 2.09. The van der Waals surface area contributed by atoms with Crippen molar-refractivity contribution in [3.05, 3.63) is 23.8 Å². The maximum Gasteiger partial charge on any atom is 0.299 e. The van der Waals surface area contributed by atoms with E-state index in [0.717, 1.165) is 0 Å². The fourth-order valence-electron chi connectivity index (χ4n) is 1.93. The molecule has 1 heterocycles. The van der Waals surface area contributed by atoms with Crippen molar-refractivity contribution in [2.45, 2.75) is 0 Å². The van der Waals surface area contributed by atoms with E-state index in [2.05, 4.69) is 0 Å². The molecule has 1 aromatic rings. The lowest BCUT2D eigenvalue weighted by molar-refractivity contribution is -0.114. The van der Waals surface area contributed by atoms with Crippen molar-refractivity contribution in [3.63, 3.8) is 0 Å². The Kier molecular flexibility index (Phi) is 3.34. The summed E-state index contributed by atoms with van der Waals surface area (Å²) in [6, 6.07) is 5.13. The predicted octanol–water partition coefficient (Wildman–Crippen LogP) is 0.786. The van der Waals surface area contributed by atoms with Gasteiger partial charge in [0.2, 0.25) is 0 Å². The van der Waals surface area contributed by atoms with Gasteiger partial charge in [-0.1, -0.05) is 0 Å². The van der Waals surface area contributed by atoms with E-state index < -0.39 is 11.7 Å². The number of rotatable bonds is 4. The molecular weight excluding hydrogens is 232 g/mol. The molecule has 1 aromatic carbocycles. The zero-order chi connectivity index (χ0) is 13.3. The van der Waals surface area contributed by atoms with E-state index in [4.69, 9.17) is 4.74 Å². The third-order valence-corrected chi connectivity index (χ3v) is 2.95. The van der Waals surface area contributed by atoms with Crippen LogP contribution in [0.2, 0.25) is 0 Å². The van der Waals surface area contributed by atoms with Crippen molar-refractivity contribution in [1.82, 2.24) is 4.90 Å². The molecule has 0 bridgehead atoms. The van der Waals surface area contributed by atoms with E-state index in [9.17, 15) is 9.59 Å². The Bertz CT molecular complexity index is 497. The zero-order valence-electron chi connectivity index (χ0n) is 10.8. The fourth-order valence-corrected chi connectivity index (χ4v) is 1.93. The normalized spacial score (nSPS) is 14.3. The smallest absolute Gasteiger partial charge is 0.299 e. The van der Waals surface area contributed by atoms with Crippen LogP contribution in [-0.2, 0) is 4.79 Å². The largest absolute Gasteiger partial charge is 0.497 e. The first-order valence-corrected chi connectivity index (χ1v) is 5.73. The van der Waals surface area contributed by atoms with Gasteiger partial charge in [-0.15, -0.1) is 0 Å². The molecule has 0 aliphatic carbocycles. The SMILES string of the molecule is COc1ccc2c(c1)C(=O)C(=O)N2CCN(C)C. The minimum atomic E-state index is -0.458. The number of amides is 1. The molecule has 0 saturated heterocycles. The van der Waals surface area contributed by atoms with E-state index in [-0.39, 0.29) is 0 Å². The average Bonchev–Trinajstić information content (AvgIpc) is 2.59. The van der Waals surface area contributed by atoms with Gasteiger partial charge in [0.05, 0.1) is 18.4 Å². The second-order valence-electron chi connectivity index (χ2n) is 4.47. The third-order valence-electron chi connectivity index (χ3n) is 2.95. The minimum absolute atomic E-state index is 0.429. The quantitative estimate of drug-likeness (QED) is 0.739. The summed E-state index contributed by atoms with van der Waals surface area (Å²) < 4.78 is 5.07. The molecule has 5 heteroatoms. The van der Waals surface area contributed by atoms with Crippen LogP contribution in [0.25, 0.3) is 0 Å². The van der Waals surface area contributed by atoms with Gasteiger partial charge in [0.15, 0.2) is 0 Å². The van der Waals surface area contributed by atoms with Crippen molar-refractivity contribution in [3.8, 4) is 5.75 Å². The second-order valence-corrected chi connectivity index (χ2v) is 4.47. The number of methoxy groups -OCH3 is 1. The van der Waals surface area contributed by atoms with Gasteiger partial charge in [-0.05, 0) is 32.3 Å². The molecule has 0 atom stereocenters. The predicted molar refractivity (Wildman–Crippen MR) is 68.2 cm³/mol. The average molecular weight is 248 g/mol. The Morgan fingerprint density at radius 3 is 2.61 bits per heavy atom. The van der Waals surface area contributed by atoms with Gasteiger partial charge >= 0.3 is 0 Å². The van der Waals surface area contributed by atoms with Gasteiger partial charge in [-0.25, -0.2) is 0 Å². The standard InChI is InChI=1S/C13H16N2O3/c1-14(2)6-7-15-11-5-4-9(18-3)8-10(11)12(16)13(15)17/h4-5,8H,6-7H2,1-3H3. The van der Waals surface area contributed by atoms with E-state index in [0.29, 0.717) is 30.1 Å². The summed E-state index contributed by atoms with van der Waals surface area (Å²) in [5.74, 6) is -0.327. The zero-order valence-corrected chi connectivity index (χ0v) is 10.8. The highest BCUT2D eigenvalue weighted by Gasteiger charge is 2.35. The highest BCUT2D eigenvalue weighted by atomic mass is 16.5. The fraction of sp³-hybridized carbons (Fsp3) is 0.385. The van der Waals surface area contributed by atoms with E-state index in [1.165, 1.54) is 12.0 Å². The molecule has 2 rings (SSSR count). The summed E-state index contributed by atoms with van der Waals surface area (Å²) in [6.07, 6.45) is 0. The highest BCUT2D eigenvalue weighted by Crippen LogP contribution is 2.31. The van der Waals surface area contributed by atoms with Crippen LogP contribution in [0.15, 0.2) is 18.2 Å². The Balaban J connectivity index is 2.31. The van der Waals surface area contributed by atoms with E-state index >= 15 is 0 Å². The van der Waals surface area contributed by atoms with E-state index in [1.807, 2.05) is 19.0 Å². The molecular formula is C13H16N2O3. The number of Topliss-reactive ketones (excluding diaryl/α,β-unsaturated/α-hetero) is 1. The number of nitrogens with zero attached hydrogens (tertiary/aromatic N) is 2. The van der Waals surface area contributed by atoms with Crippen molar-refractivity contribution < 1.29 is 14.3 Å². The van der Waals surface area contributed by atoms with Crippen molar-refractivity contribution in [2.24, 2.45) is 0 Å². The monoisotopic (exact) mass is 248 g/mol. The number of benzene rings is 1. The summed E-state index contributed by atoms with van der Waals surface area (Å²) in [6.45, 7) is 1.22. The van der Waals surface area contributed by atoms with Gasteiger partial charge in [0, 0.05) is 13.1 Å². The summed E-state index contributed by atoms with van der Waals surface area (Å²) in [4.78, 5) is 27.2. The maximum absolute atomic E-state index is 11.9. The van der Waals surface area contributed by atoms with Crippen LogP contribution in [0.4, 0.5) is 5.69 Å². The number of ether oxygens (including phenoxy) is 1. The Morgan fingerprint density at radius 2 is 2.00 bits per heavy atom. The van der Waals surface area contributed by atoms with Crippen LogP contribution < -0.4 is 9.64 Å². The van der Waals surface area contributed by atoms with E-state index in [1.54, 1.807) is 18.2 Å². The lowest BCUT2D eigenvalue weighted by Gasteiger charge is -2.19. The Labute approximate surface area is 106 Å². The number of carbonyl (C=O) groups excluding carboxylic acids is 2. The molecule has 96 valence electrons. The lowest BCUT2D eigenvalue weighted by Crippen LogP contribution is -2.35. The molecule has 1 aliphatic rings. The number of likely N-dealkylation sites (N-methyl/N-ethyl adjacent to an activating group) is 1. The van der Waals surface area contributed by atoms with Gasteiger partial charge in [0.1, 0.15) is 5.75 Å². The van der Waals surface area contributed by atoms with Crippen LogP contribution in [0.5, 0.6) is 5.75 Å². The van der Waals surface area contributed by atoms with Gasteiger partial charge in [0.25, 0.3) is 11.7 Å². The number of hydrogen-bond acceptors (Lipinski definition) is 4. The van der Waals surface area contributed by atoms with Crippen molar-refractivity contribution in [1.29, 1.82) is 0 Å². The number of ketones is 1. The molecule has 0 radical (unpaired) electrons. The Hall–Kier alpha value is -1.88. The summed E-state index contributed by atoms with van der Waals surface area (Å²) in [5, 5.41) is 0. The molecule has 0 N–H and O–H groups in total. The second kappa shape index (κ2) is 4.78. The number of hydrogen-bond donors (Lipinski definition) is 0. The molecule has 0 saturated carbocycles. The molecule has 18 heavy (non-hydrogen) atoms.